The van der Waals surface area contributed by atoms with Crippen molar-refractivity contribution in [3.8, 4) is 0 Å². The predicted molar refractivity (Wildman–Crippen MR) is 54.8 cm³/mol. The quantitative estimate of drug-likeness (QED) is 0.652. The van der Waals surface area contributed by atoms with Crippen molar-refractivity contribution in [3.63, 3.8) is 0 Å². The molecule has 0 amide bonds. The van der Waals surface area contributed by atoms with E-state index >= 15 is 0 Å². The van der Waals surface area contributed by atoms with Gasteiger partial charge < -0.3 is 0 Å². The highest BCUT2D eigenvalue weighted by Gasteiger charge is 2.10. The molecule has 0 spiro atoms. The number of rotatable bonds is 2. The Bertz CT molecular complexity index is 340. The van der Waals surface area contributed by atoms with Crippen LogP contribution < -0.4 is 0 Å². The summed E-state index contributed by atoms with van der Waals surface area (Å²) in [5, 5.41) is 4.24. The molecule has 0 unspecified atom stereocenters. The highest BCUT2D eigenvalue weighted by Crippen LogP contribution is 2.06. The van der Waals surface area contributed by atoms with Crippen LogP contribution in [0.5, 0.6) is 0 Å². The van der Waals surface area contributed by atoms with Crippen LogP contribution >= 0.6 is 0 Å². The third-order valence-corrected chi connectivity index (χ3v) is 2.47. The van der Waals surface area contributed by atoms with E-state index in [-0.39, 0.29) is 0 Å². The normalized spacial score (nSPS) is 17.6. The van der Waals surface area contributed by atoms with Crippen molar-refractivity contribution in [2.24, 2.45) is 7.05 Å². The van der Waals surface area contributed by atoms with E-state index in [4.69, 9.17) is 0 Å². The standard InChI is InChI=1S/C10H16N4/c1-9-11-10(13(2)12-9)8-14-6-4-3-5-7-14/h3-4H,5-8H2,1-2H3. The smallest absolute Gasteiger partial charge is 0.147 e. The van der Waals surface area contributed by atoms with Crippen LogP contribution in [-0.2, 0) is 13.6 Å². The minimum absolute atomic E-state index is 0.857. The molecule has 76 valence electrons. The lowest BCUT2D eigenvalue weighted by Crippen LogP contribution is -2.28. The van der Waals surface area contributed by atoms with Gasteiger partial charge in [0.05, 0.1) is 6.54 Å². The first-order chi connectivity index (χ1) is 6.75. The van der Waals surface area contributed by atoms with Crippen molar-refractivity contribution in [1.29, 1.82) is 0 Å². The Balaban J connectivity index is 2.03. The summed E-state index contributed by atoms with van der Waals surface area (Å²) in [7, 11) is 1.95. The summed E-state index contributed by atoms with van der Waals surface area (Å²) >= 11 is 0. The summed E-state index contributed by atoms with van der Waals surface area (Å²) < 4.78 is 1.87. The van der Waals surface area contributed by atoms with Crippen LogP contribution in [0.4, 0.5) is 0 Å². The average molecular weight is 192 g/mol. The van der Waals surface area contributed by atoms with Crippen LogP contribution in [0, 0.1) is 6.92 Å². The molecule has 1 aromatic heterocycles. The van der Waals surface area contributed by atoms with Crippen molar-refractivity contribution < 1.29 is 0 Å². The number of nitrogens with zero attached hydrogens (tertiary/aromatic N) is 4. The molecule has 4 heteroatoms. The van der Waals surface area contributed by atoms with E-state index < -0.39 is 0 Å². The Morgan fingerprint density at radius 3 is 2.86 bits per heavy atom. The van der Waals surface area contributed by atoms with Crippen molar-refractivity contribution in [2.75, 3.05) is 13.1 Å². The maximum absolute atomic E-state index is 4.39. The van der Waals surface area contributed by atoms with Crippen LogP contribution in [0.15, 0.2) is 12.2 Å². The first kappa shape index (κ1) is 9.40. The largest absolute Gasteiger partial charge is 0.292 e. The Morgan fingerprint density at radius 2 is 2.29 bits per heavy atom. The van der Waals surface area contributed by atoms with Gasteiger partial charge in [0.2, 0.25) is 0 Å². The predicted octanol–water partition coefficient (Wildman–Crippen LogP) is 0.885. The monoisotopic (exact) mass is 192 g/mol. The summed E-state index contributed by atoms with van der Waals surface area (Å²) in [5.74, 6) is 1.91. The maximum atomic E-state index is 4.39. The van der Waals surface area contributed by atoms with Crippen LogP contribution in [-0.4, -0.2) is 32.8 Å². The fourth-order valence-corrected chi connectivity index (χ4v) is 1.73. The van der Waals surface area contributed by atoms with Crippen molar-refractivity contribution in [1.82, 2.24) is 19.7 Å². The lowest BCUT2D eigenvalue weighted by atomic mass is 10.2. The first-order valence-corrected chi connectivity index (χ1v) is 4.99. The van der Waals surface area contributed by atoms with Gasteiger partial charge >= 0.3 is 0 Å². The Hall–Kier alpha value is -1.16. The fraction of sp³-hybridized carbons (Fsp3) is 0.600. The SMILES string of the molecule is Cc1nc(CN2CC=CCC2)n(C)n1. The molecule has 1 aliphatic rings. The van der Waals surface area contributed by atoms with Crippen molar-refractivity contribution in [3.05, 3.63) is 23.8 Å². The second kappa shape index (κ2) is 3.92. The van der Waals surface area contributed by atoms with Crippen LogP contribution in [0.1, 0.15) is 18.1 Å². The van der Waals surface area contributed by atoms with Gasteiger partial charge in [0.15, 0.2) is 0 Å². The molecule has 1 aliphatic heterocycles. The Labute approximate surface area is 84.2 Å². The van der Waals surface area contributed by atoms with Gasteiger partial charge in [-0.1, -0.05) is 12.2 Å². The number of hydrogen-bond donors (Lipinski definition) is 0. The van der Waals surface area contributed by atoms with Gasteiger partial charge in [0, 0.05) is 20.1 Å². The van der Waals surface area contributed by atoms with Crippen LogP contribution in [0.25, 0.3) is 0 Å². The average Bonchev–Trinajstić information content (AvgIpc) is 2.47. The second-order valence-corrected chi connectivity index (χ2v) is 3.69. The zero-order chi connectivity index (χ0) is 9.97. The van der Waals surface area contributed by atoms with Crippen LogP contribution in [0.2, 0.25) is 0 Å². The summed E-state index contributed by atoms with van der Waals surface area (Å²) in [6.07, 6.45) is 5.60. The molecular formula is C10H16N4. The first-order valence-electron chi connectivity index (χ1n) is 4.99. The van der Waals surface area contributed by atoms with E-state index in [9.17, 15) is 0 Å². The number of hydrogen-bond acceptors (Lipinski definition) is 3. The molecule has 0 N–H and O–H groups in total. The van der Waals surface area contributed by atoms with Gasteiger partial charge in [-0.3, -0.25) is 9.58 Å². The molecule has 0 saturated carbocycles. The van der Waals surface area contributed by atoms with Gasteiger partial charge in [-0.05, 0) is 13.3 Å². The Kier molecular flexibility index (Phi) is 2.63. The topological polar surface area (TPSA) is 34.0 Å². The molecule has 0 aromatic carbocycles. The van der Waals surface area contributed by atoms with E-state index in [1.165, 1.54) is 0 Å². The third kappa shape index (κ3) is 2.01. The molecule has 0 radical (unpaired) electrons. The van der Waals surface area contributed by atoms with E-state index in [0.717, 1.165) is 37.7 Å². The lowest BCUT2D eigenvalue weighted by molar-refractivity contribution is 0.279. The van der Waals surface area contributed by atoms with E-state index in [0.29, 0.717) is 0 Å². The molecule has 0 bridgehead atoms. The van der Waals surface area contributed by atoms with Crippen molar-refractivity contribution in [2.45, 2.75) is 19.9 Å². The minimum Gasteiger partial charge on any atom is -0.292 e. The second-order valence-electron chi connectivity index (χ2n) is 3.69. The van der Waals surface area contributed by atoms with E-state index in [1.54, 1.807) is 0 Å². The highest BCUT2D eigenvalue weighted by atomic mass is 15.3. The summed E-state index contributed by atoms with van der Waals surface area (Å²) in [6.45, 7) is 5.00. The van der Waals surface area contributed by atoms with Gasteiger partial charge in [0.25, 0.3) is 0 Å². The lowest BCUT2D eigenvalue weighted by Gasteiger charge is -2.21. The molecule has 0 saturated heterocycles. The van der Waals surface area contributed by atoms with Crippen molar-refractivity contribution >= 4 is 0 Å². The van der Waals surface area contributed by atoms with Crippen LogP contribution in [0.3, 0.4) is 0 Å². The molecule has 14 heavy (non-hydrogen) atoms. The maximum Gasteiger partial charge on any atom is 0.147 e. The summed E-state index contributed by atoms with van der Waals surface area (Å²) in [6, 6.07) is 0. The number of aromatic nitrogens is 3. The molecule has 2 rings (SSSR count). The fourth-order valence-electron chi connectivity index (χ4n) is 1.73. The van der Waals surface area contributed by atoms with Gasteiger partial charge in [0.1, 0.15) is 11.6 Å². The Morgan fingerprint density at radius 1 is 1.43 bits per heavy atom. The number of aryl methyl sites for hydroxylation is 2. The molecule has 4 nitrogen and oxygen atoms in total. The van der Waals surface area contributed by atoms with Gasteiger partial charge in [-0.15, -0.1) is 0 Å². The summed E-state index contributed by atoms with van der Waals surface area (Å²) in [5.41, 5.74) is 0. The molecule has 2 heterocycles. The molecular weight excluding hydrogens is 176 g/mol. The summed E-state index contributed by atoms with van der Waals surface area (Å²) in [4.78, 5) is 6.77. The highest BCUT2D eigenvalue weighted by molar-refractivity contribution is 4.95. The molecule has 0 aliphatic carbocycles. The van der Waals surface area contributed by atoms with Gasteiger partial charge in [-0.25, -0.2) is 4.98 Å². The molecule has 0 atom stereocenters. The third-order valence-electron chi connectivity index (χ3n) is 2.47. The molecule has 0 fully saturated rings. The van der Waals surface area contributed by atoms with E-state index in [1.807, 2.05) is 18.7 Å². The van der Waals surface area contributed by atoms with E-state index in [2.05, 4.69) is 27.1 Å². The zero-order valence-corrected chi connectivity index (χ0v) is 8.77. The van der Waals surface area contributed by atoms with Gasteiger partial charge in [-0.2, -0.15) is 5.10 Å². The zero-order valence-electron chi connectivity index (χ0n) is 8.77. The molecule has 1 aromatic rings. The minimum atomic E-state index is 0.857.